The van der Waals surface area contributed by atoms with Crippen LogP contribution in [0.5, 0.6) is 0 Å². The van der Waals surface area contributed by atoms with E-state index >= 15 is 0 Å². The molecule has 0 radical (unpaired) electrons. The highest BCUT2D eigenvalue weighted by molar-refractivity contribution is 6.02. The first-order chi connectivity index (χ1) is 11.4. The van der Waals surface area contributed by atoms with Gasteiger partial charge in [0.05, 0.1) is 12.5 Å². The van der Waals surface area contributed by atoms with Crippen molar-refractivity contribution >= 4 is 29.2 Å². The fourth-order valence-corrected chi connectivity index (χ4v) is 1.69. The van der Waals surface area contributed by atoms with Crippen LogP contribution in [0, 0.1) is 5.92 Å². The van der Waals surface area contributed by atoms with E-state index in [1.165, 1.54) is 0 Å². The molecule has 1 aromatic rings. The third-order valence-electron chi connectivity index (χ3n) is 3.35. The molecule has 0 spiro atoms. The molecule has 0 unspecified atom stereocenters. The summed E-state index contributed by atoms with van der Waals surface area (Å²) in [4.78, 5) is 34.9. The first kappa shape index (κ1) is 19.3. The Balaban J connectivity index is 2.66. The van der Waals surface area contributed by atoms with Crippen LogP contribution in [0.25, 0.3) is 0 Å². The minimum Gasteiger partial charge on any atom is -0.465 e. The van der Waals surface area contributed by atoms with Crippen molar-refractivity contribution in [3.8, 4) is 0 Å². The number of amides is 2. The number of rotatable bonds is 7. The summed E-state index contributed by atoms with van der Waals surface area (Å²) >= 11 is 0. The zero-order valence-electron chi connectivity index (χ0n) is 14.4. The normalized spacial score (nSPS) is 12.2. The fraction of sp³-hybridized carbons (Fsp3) is 0.412. The van der Waals surface area contributed by atoms with Gasteiger partial charge in [0, 0.05) is 23.4 Å². The quantitative estimate of drug-likeness (QED) is 0.455. The molecule has 0 bridgehead atoms. The molecule has 0 saturated heterocycles. The van der Waals surface area contributed by atoms with Crippen molar-refractivity contribution < 1.29 is 19.1 Å². The van der Waals surface area contributed by atoms with Crippen molar-refractivity contribution in [2.75, 3.05) is 11.9 Å². The van der Waals surface area contributed by atoms with Crippen molar-refractivity contribution in [3.63, 3.8) is 0 Å². The summed E-state index contributed by atoms with van der Waals surface area (Å²) < 4.78 is 4.90. The van der Waals surface area contributed by atoms with Crippen LogP contribution in [0.1, 0.15) is 44.5 Å². The monoisotopic (exact) mass is 333 g/mol. The van der Waals surface area contributed by atoms with Crippen molar-refractivity contribution in [3.05, 3.63) is 29.8 Å². The molecular weight excluding hydrogens is 310 g/mol. The molecule has 7 nitrogen and oxygen atoms in total. The number of hydrogen-bond acceptors (Lipinski definition) is 5. The van der Waals surface area contributed by atoms with Gasteiger partial charge in [0.1, 0.15) is 0 Å². The molecule has 1 rings (SSSR count). The number of benzene rings is 1. The third-order valence-corrected chi connectivity index (χ3v) is 3.35. The molecule has 7 heteroatoms. The first-order valence-corrected chi connectivity index (χ1v) is 7.80. The van der Waals surface area contributed by atoms with Gasteiger partial charge in [0.15, 0.2) is 0 Å². The molecule has 130 valence electrons. The first-order valence-electron chi connectivity index (χ1n) is 7.80. The van der Waals surface area contributed by atoms with E-state index in [9.17, 15) is 14.4 Å². The van der Waals surface area contributed by atoms with Crippen LogP contribution in [0.2, 0.25) is 0 Å². The van der Waals surface area contributed by atoms with Crippen LogP contribution in [0.3, 0.4) is 0 Å². The molecule has 2 N–H and O–H groups in total. The van der Waals surface area contributed by atoms with Crippen LogP contribution < -0.4 is 10.7 Å². The average Bonchev–Trinajstić information content (AvgIpc) is 2.59. The maximum Gasteiger partial charge on any atom is 0.314 e. The maximum absolute atomic E-state index is 12.0. The number of nitrogens with one attached hydrogen (secondary N) is 2. The number of nitrogens with zero attached hydrogens (tertiary/aromatic N) is 1. The molecule has 24 heavy (non-hydrogen) atoms. The van der Waals surface area contributed by atoms with Crippen molar-refractivity contribution in [1.29, 1.82) is 0 Å². The summed E-state index contributed by atoms with van der Waals surface area (Å²) in [5.74, 6) is -1.42. The maximum atomic E-state index is 12.0. The topological polar surface area (TPSA) is 96.9 Å². The molecule has 0 aliphatic carbocycles. The molecule has 0 aliphatic heterocycles. The summed E-state index contributed by atoms with van der Waals surface area (Å²) in [6.07, 6.45) is 0.384. The molecule has 0 aromatic heterocycles. The van der Waals surface area contributed by atoms with Gasteiger partial charge in [-0.1, -0.05) is 6.92 Å². The lowest BCUT2D eigenvalue weighted by Crippen LogP contribution is -2.25. The fourth-order valence-electron chi connectivity index (χ4n) is 1.69. The van der Waals surface area contributed by atoms with Gasteiger partial charge in [0.25, 0.3) is 5.91 Å². The van der Waals surface area contributed by atoms with Gasteiger partial charge in [-0.15, -0.1) is 0 Å². The SMILES string of the molecule is CCOC(=O)[C@H](C)/C(C)=N/NC(=O)c1ccc(NC(=O)CC)cc1. The number of ether oxygens (including phenoxy) is 1. The largest absolute Gasteiger partial charge is 0.465 e. The number of carbonyl (C=O) groups excluding carboxylic acids is 3. The van der Waals surface area contributed by atoms with E-state index < -0.39 is 11.8 Å². The van der Waals surface area contributed by atoms with Crippen LogP contribution in [0.4, 0.5) is 5.69 Å². The summed E-state index contributed by atoms with van der Waals surface area (Å²) in [7, 11) is 0. The number of esters is 1. The molecule has 0 aliphatic rings. The number of anilines is 1. The lowest BCUT2D eigenvalue weighted by molar-refractivity contribution is -0.145. The van der Waals surface area contributed by atoms with E-state index in [-0.39, 0.29) is 11.9 Å². The average molecular weight is 333 g/mol. The molecule has 0 saturated carbocycles. The highest BCUT2D eigenvalue weighted by atomic mass is 16.5. The molecule has 2 amide bonds. The van der Waals surface area contributed by atoms with E-state index in [4.69, 9.17) is 4.74 Å². The van der Waals surface area contributed by atoms with Crippen LogP contribution in [-0.2, 0) is 14.3 Å². The van der Waals surface area contributed by atoms with Gasteiger partial charge < -0.3 is 10.1 Å². The molecule has 0 fully saturated rings. The summed E-state index contributed by atoms with van der Waals surface area (Å²) in [6.45, 7) is 7.09. The Labute approximate surface area is 141 Å². The Morgan fingerprint density at radius 2 is 1.79 bits per heavy atom. The Morgan fingerprint density at radius 1 is 1.17 bits per heavy atom. The van der Waals surface area contributed by atoms with Gasteiger partial charge in [-0.05, 0) is 45.0 Å². The van der Waals surface area contributed by atoms with Gasteiger partial charge in [-0.25, -0.2) is 5.43 Å². The Bertz CT molecular complexity index is 623. The van der Waals surface area contributed by atoms with E-state index in [1.54, 1.807) is 52.0 Å². The highest BCUT2D eigenvalue weighted by Crippen LogP contribution is 2.10. The Kier molecular flexibility index (Phi) is 7.61. The second-order valence-electron chi connectivity index (χ2n) is 5.15. The minimum atomic E-state index is -0.531. The van der Waals surface area contributed by atoms with Gasteiger partial charge in [-0.2, -0.15) is 5.10 Å². The molecule has 1 atom stereocenters. The minimum absolute atomic E-state index is 0.0969. The van der Waals surface area contributed by atoms with Gasteiger partial charge >= 0.3 is 5.97 Å². The van der Waals surface area contributed by atoms with Crippen LogP contribution >= 0.6 is 0 Å². The molecular formula is C17H23N3O4. The highest BCUT2D eigenvalue weighted by Gasteiger charge is 2.17. The molecule has 1 aromatic carbocycles. The van der Waals surface area contributed by atoms with Crippen molar-refractivity contribution in [1.82, 2.24) is 5.43 Å². The molecule has 0 heterocycles. The predicted octanol–water partition coefficient (Wildman–Crippen LogP) is 2.34. The number of hydrogen-bond donors (Lipinski definition) is 2. The standard InChI is InChI=1S/C17H23N3O4/c1-5-15(21)18-14-9-7-13(8-10-14)16(22)20-19-12(4)11(3)17(23)24-6-2/h7-11H,5-6H2,1-4H3,(H,18,21)(H,20,22)/b19-12+/t11-/m1/s1. The van der Waals surface area contributed by atoms with E-state index in [0.717, 1.165) is 0 Å². The van der Waals surface area contributed by atoms with E-state index in [1.807, 2.05) is 0 Å². The van der Waals surface area contributed by atoms with Crippen LogP contribution in [0.15, 0.2) is 29.4 Å². The van der Waals surface area contributed by atoms with E-state index in [0.29, 0.717) is 30.0 Å². The van der Waals surface area contributed by atoms with E-state index in [2.05, 4.69) is 15.8 Å². The van der Waals surface area contributed by atoms with Crippen LogP contribution in [-0.4, -0.2) is 30.1 Å². The Hall–Kier alpha value is -2.70. The lowest BCUT2D eigenvalue weighted by atomic mass is 10.1. The number of carbonyl (C=O) groups is 3. The predicted molar refractivity (Wildman–Crippen MR) is 91.7 cm³/mol. The zero-order chi connectivity index (χ0) is 18.1. The summed E-state index contributed by atoms with van der Waals surface area (Å²) in [6, 6.07) is 6.45. The Morgan fingerprint density at radius 3 is 2.33 bits per heavy atom. The second kappa shape index (κ2) is 9.44. The second-order valence-corrected chi connectivity index (χ2v) is 5.15. The van der Waals surface area contributed by atoms with Crippen molar-refractivity contribution in [2.45, 2.75) is 34.1 Å². The smallest absolute Gasteiger partial charge is 0.314 e. The number of hydrazone groups is 1. The summed E-state index contributed by atoms with van der Waals surface area (Å²) in [5, 5.41) is 6.63. The van der Waals surface area contributed by atoms with Gasteiger partial charge in [-0.3, -0.25) is 14.4 Å². The van der Waals surface area contributed by atoms with Crippen molar-refractivity contribution in [2.24, 2.45) is 11.0 Å². The van der Waals surface area contributed by atoms with Gasteiger partial charge in [0.2, 0.25) is 5.91 Å². The third kappa shape index (κ3) is 5.83. The zero-order valence-corrected chi connectivity index (χ0v) is 14.4. The summed E-state index contributed by atoms with van der Waals surface area (Å²) in [5.41, 5.74) is 3.87. The lowest BCUT2D eigenvalue weighted by Gasteiger charge is -2.10.